The number of anilines is 1. The highest BCUT2D eigenvalue weighted by molar-refractivity contribution is 5.80. The quantitative estimate of drug-likeness (QED) is 0.550. The van der Waals surface area contributed by atoms with Crippen molar-refractivity contribution >= 4 is 16.7 Å². The Kier molecular flexibility index (Phi) is 4.43. The summed E-state index contributed by atoms with van der Waals surface area (Å²) in [4.78, 5) is 32.6. The van der Waals surface area contributed by atoms with Gasteiger partial charge >= 0.3 is 0 Å². The number of hydrogen-bond acceptors (Lipinski definition) is 5. The highest BCUT2D eigenvalue weighted by Gasteiger charge is 2.23. The summed E-state index contributed by atoms with van der Waals surface area (Å²) in [6.45, 7) is 1.82. The van der Waals surface area contributed by atoms with E-state index < -0.39 is 6.04 Å². The second-order valence-corrected chi connectivity index (χ2v) is 7.61. The highest BCUT2D eigenvalue weighted by atomic mass is 16.1. The molecule has 150 valence electrons. The maximum atomic E-state index is 12.9. The van der Waals surface area contributed by atoms with Gasteiger partial charge in [-0.05, 0) is 37.0 Å². The summed E-state index contributed by atoms with van der Waals surface area (Å²) in [5.74, 6) is 0.403. The average Bonchev–Trinajstić information content (AvgIpc) is 3.16. The third kappa shape index (κ3) is 3.18. The van der Waals surface area contributed by atoms with Gasteiger partial charge in [0, 0.05) is 11.5 Å². The van der Waals surface area contributed by atoms with Crippen molar-refractivity contribution in [2.75, 3.05) is 5.32 Å². The number of rotatable bonds is 4. The van der Waals surface area contributed by atoms with Crippen LogP contribution in [-0.4, -0.2) is 19.7 Å². The maximum absolute atomic E-state index is 12.9. The molecule has 4 aromatic rings. The van der Waals surface area contributed by atoms with Gasteiger partial charge in [0.05, 0.1) is 29.4 Å². The van der Waals surface area contributed by atoms with Gasteiger partial charge in [-0.25, -0.2) is 9.67 Å². The Hall–Kier alpha value is -3.74. The lowest BCUT2D eigenvalue weighted by Crippen LogP contribution is -2.28. The van der Waals surface area contributed by atoms with E-state index in [2.05, 4.69) is 32.5 Å². The zero-order chi connectivity index (χ0) is 20.7. The molecule has 1 aliphatic carbocycles. The summed E-state index contributed by atoms with van der Waals surface area (Å²) in [5, 5.41) is 9.03. The summed E-state index contributed by atoms with van der Waals surface area (Å²) in [6.07, 6.45) is 3.59. The molecular weight excluding hydrogens is 378 g/mol. The minimum Gasteiger partial charge on any atom is -0.349 e. The molecule has 30 heavy (non-hydrogen) atoms. The van der Waals surface area contributed by atoms with E-state index in [4.69, 9.17) is 0 Å². The normalized spacial score (nSPS) is 16.4. The van der Waals surface area contributed by atoms with Crippen LogP contribution < -0.4 is 16.4 Å². The first-order chi connectivity index (χ1) is 14.6. The second kappa shape index (κ2) is 7.26. The van der Waals surface area contributed by atoms with Gasteiger partial charge in [-0.15, -0.1) is 0 Å². The second-order valence-electron chi connectivity index (χ2n) is 7.61. The summed E-state index contributed by atoms with van der Waals surface area (Å²) < 4.78 is 1.37. The summed E-state index contributed by atoms with van der Waals surface area (Å²) >= 11 is 0. The Bertz CT molecular complexity index is 1360. The third-order valence-corrected chi connectivity index (χ3v) is 5.72. The smallest absolute Gasteiger partial charge is 0.275 e. The minimum atomic E-state index is -0.485. The summed E-state index contributed by atoms with van der Waals surface area (Å²) in [6, 6.07) is 16.6. The largest absolute Gasteiger partial charge is 0.349 e. The molecule has 2 aromatic heterocycles. The number of nitrogens with zero attached hydrogens (tertiary/aromatic N) is 3. The number of aryl methyl sites for hydroxylation is 1. The minimum absolute atomic E-state index is 0.0939. The number of nitrogens with one attached hydrogen (secondary N) is 2. The van der Waals surface area contributed by atoms with Crippen molar-refractivity contribution in [2.45, 2.75) is 31.8 Å². The predicted molar refractivity (Wildman–Crippen MR) is 116 cm³/mol. The molecule has 0 saturated heterocycles. The van der Waals surface area contributed by atoms with Crippen LogP contribution in [0.2, 0.25) is 0 Å². The van der Waals surface area contributed by atoms with Gasteiger partial charge in [0.1, 0.15) is 0 Å². The Labute approximate surface area is 172 Å². The van der Waals surface area contributed by atoms with Gasteiger partial charge in [0.2, 0.25) is 5.95 Å². The zero-order valence-corrected chi connectivity index (χ0v) is 16.5. The lowest BCUT2D eigenvalue weighted by atomic mass is 10.1. The molecular formula is C23H21N5O2. The van der Waals surface area contributed by atoms with Gasteiger partial charge < -0.3 is 5.32 Å². The Balaban J connectivity index is 1.49. The third-order valence-electron chi connectivity index (χ3n) is 5.72. The van der Waals surface area contributed by atoms with Crippen molar-refractivity contribution in [2.24, 2.45) is 0 Å². The van der Waals surface area contributed by atoms with Crippen LogP contribution in [0.3, 0.4) is 0 Å². The molecule has 0 spiro atoms. The first-order valence-electron chi connectivity index (χ1n) is 10.0. The van der Waals surface area contributed by atoms with Crippen LogP contribution in [0.5, 0.6) is 0 Å². The number of hydrogen-bond donors (Lipinski definition) is 2. The molecule has 0 aliphatic heterocycles. The zero-order valence-electron chi connectivity index (χ0n) is 16.5. The molecule has 2 heterocycles. The van der Waals surface area contributed by atoms with Crippen LogP contribution in [0.4, 0.5) is 5.95 Å². The van der Waals surface area contributed by atoms with Gasteiger partial charge in [-0.2, -0.15) is 5.10 Å². The molecule has 0 radical (unpaired) electrons. The van der Waals surface area contributed by atoms with Gasteiger partial charge in [0.25, 0.3) is 11.1 Å². The van der Waals surface area contributed by atoms with Crippen molar-refractivity contribution in [1.82, 2.24) is 19.7 Å². The molecule has 2 N–H and O–H groups in total. The van der Waals surface area contributed by atoms with Crippen LogP contribution in [0, 0.1) is 0 Å². The fraction of sp³-hybridized carbons (Fsp3) is 0.217. The molecule has 7 heteroatoms. The molecule has 5 rings (SSSR count). The Morgan fingerprint density at radius 3 is 2.83 bits per heavy atom. The van der Waals surface area contributed by atoms with Crippen LogP contribution >= 0.6 is 0 Å². The number of benzene rings is 2. The molecule has 1 aliphatic rings. The molecule has 2 atom stereocenters. The Morgan fingerprint density at radius 2 is 1.93 bits per heavy atom. The van der Waals surface area contributed by atoms with Crippen molar-refractivity contribution in [1.29, 1.82) is 0 Å². The topological polar surface area (TPSA) is 92.7 Å². The van der Waals surface area contributed by atoms with Crippen LogP contribution in [0.15, 0.2) is 70.4 Å². The van der Waals surface area contributed by atoms with Gasteiger partial charge in [0.15, 0.2) is 0 Å². The lowest BCUT2D eigenvalue weighted by Gasteiger charge is -2.17. The molecule has 0 saturated carbocycles. The van der Waals surface area contributed by atoms with Crippen molar-refractivity contribution in [3.63, 3.8) is 0 Å². The SMILES string of the molecule is C[C@H](c1cc(=O)[nH]c(N[C@H]2CCc3ccccc32)n1)n1ncc2ccccc2c1=O. The van der Waals surface area contributed by atoms with E-state index in [1.807, 2.05) is 37.3 Å². The van der Waals surface area contributed by atoms with E-state index in [0.29, 0.717) is 17.0 Å². The fourth-order valence-electron chi connectivity index (χ4n) is 4.14. The van der Waals surface area contributed by atoms with Crippen molar-refractivity contribution in [3.05, 3.63) is 98.3 Å². The average molecular weight is 399 g/mol. The van der Waals surface area contributed by atoms with E-state index in [1.54, 1.807) is 12.3 Å². The summed E-state index contributed by atoms with van der Waals surface area (Å²) in [7, 11) is 0. The van der Waals surface area contributed by atoms with E-state index in [9.17, 15) is 9.59 Å². The first kappa shape index (κ1) is 18.3. The monoisotopic (exact) mass is 399 g/mol. The highest BCUT2D eigenvalue weighted by Crippen LogP contribution is 2.32. The number of aromatic amines is 1. The summed E-state index contributed by atoms with van der Waals surface area (Å²) in [5.41, 5.74) is 2.55. The molecule has 0 bridgehead atoms. The van der Waals surface area contributed by atoms with Crippen LogP contribution in [0.25, 0.3) is 10.8 Å². The van der Waals surface area contributed by atoms with E-state index in [0.717, 1.165) is 18.2 Å². The lowest BCUT2D eigenvalue weighted by molar-refractivity contribution is 0.524. The van der Waals surface area contributed by atoms with Crippen molar-refractivity contribution < 1.29 is 0 Å². The first-order valence-corrected chi connectivity index (χ1v) is 10.0. The van der Waals surface area contributed by atoms with E-state index >= 15 is 0 Å². The predicted octanol–water partition coefficient (Wildman–Crippen LogP) is 3.19. The van der Waals surface area contributed by atoms with Crippen molar-refractivity contribution in [3.8, 4) is 0 Å². The molecule has 0 fully saturated rings. The number of fused-ring (bicyclic) bond motifs is 2. The molecule has 7 nitrogen and oxygen atoms in total. The fourth-order valence-corrected chi connectivity index (χ4v) is 4.14. The maximum Gasteiger partial charge on any atom is 0.275 e. The van der Waals surface area contributed by atoms with Crippen LogP contribution in [-0.2, 0) is 6.42 Å². The Morgan fingerprint density at radius 1 is 1.13 bits per heavy atom. The van der Waals surface area contributed by atoms with Crippen LogP contribution in [0.1, 0.15) is 42.2 Å². The van der Waals surface area contributed by atoms with Gasteiger partial charge in [-0.1, -0.05) is 42.5 Å². The molecule has 0 unspecified atom stereocenters. The molecule has 0 amide bonds. The standard InChI is InChI=1S/C23H21N5O2/c1-14(28-22(30)18-9-5-3-7-16(18)13-24-28)20-12-21(29)27-23(26-20)25-19-11-10-15-6-2-4-8-17(15)19/h2-9,12-14,19H,10-11H2,1H3,(H2,25,26,27,29)/t14-,19+/m1/s1. The van der Waals surface area contributed by atoms with E-state index in [1.165, 1.54) is 21.9 Å². The number of aromatic nitrogens is 4. The van der Waals surface area contributed by atoms with Gasteiger partial charge in [-0.3, -0.25) is 14.6 Å². The molecule has 2 aromatic carbocycles. The number of H-pyrrole nitrogens is 1. The van der Waals surface area contributed by atoms with E-state index in [-0.39, 0.29) is 17.2 Å².